The van der Waals surface area contributed by atoms with Gasteiger partial charge in [0.25, 0.3) is 11.2 Å². The minimum atomic E-state index is -1.73. The summed E-state index contributed by atoms with van der Waals surface area (Å²) in [5.41, 5.74) is -3.44. The lowest BCUT2D eigenvalue weighted by Crippen LogP contribution is -2.35. The summed E-state index contributed by atoms with van der Waals surface area (Å²) in [4.78, 5) is 0. The molecule has 2 atom stereocenters. The van der Waals surface area contributed by atoms with Crippen LogP contribution in [0.4, 0.5) is 0 Å². The third-order valence-corrected chi connectivity index (χ3v) is 3.93. The second kappa shape index (κ2) is 3.26. The summed E-state index contributed by atoms with van der Waals surface area (Å²) in [6.07, 6.45) is 1.65. The molecular weight excluding hydrogens is 224 g/mol. The molecule has 2 aliphatic heterocycles. The van der Waals surface area contributed by atoms with Gasteiger partial charge in [-0.25, -0.2) is 0 Å². The first kappa shape index (κ1) is 10.5. The Morgan fingerprint density at radius 3 is 2.06 bits per heavy atom. The van der Waals surface area contributed by atoms with Gasteiger partial charge in [0.1, 0.15) is 24.3 Å². The van der Waals surface area contributed by atoms with Crippen molar-refractivity contribution in [3.05, 3.63) is 11.5 Å². The van der Waals surface area contributed by atoms with Crippen molar-refractivity contribution in [3.63, 3.8) is 0 Å². The molecule has 76 valence electrons. The van der Waals surface area contributed by atoms with E-state index in [0.29, 0.717) is 0 Å². The molecule has 0 amide bonds. The highest BCUT2D eigenvalue weighted by Gasteiger charge is 2.65. The summed E-state index contributed by atoms with van der Waals surface area (Å²) >= 11 is 1.25. The van der Waals surface area contributed by atoms with Crippen molar-refractivity contribution >= 4 is 11.8 Å². The summed E-state index contributed by atoms with van der Waals surface area (Å²) in [6.45, 7) is 0. The highest BCUT2D eigenvalue weighted by Crippen LogP contribution is 2.52. The van der Waals surface area contributed by atoms with Crippen LogP contribution >= 0.6 is 11.8 Å². The van der Waals surface area contributed by atoms with E-state index < -0.39 is 22.4 Å². The van der Waals surface area contributed by atoms with Gasteiger partial charge in [-0.1, -0.05) is 6.08 Å². The lowest BCUT2D eigenvalue weighted by atomic mass is 9.86. The highest BCUT2D eigenvalue weighted by molar-refractivity contribution is 8.03. The number of rotatable bonds is 0. The molecule has 2 rings (SSSR count). The second-order valence-electron chi connectivity index (χ2n) is 3.43. The van der Waals surface area contributed by atoms with E-state index in [9.17, 15) is 0 Å². The van der Waals surface area contributed by atoms with Crippen LogP contribution in [0.1, 0.15) is 0 Å². The van der Waals surface area contributed by atoms with Crippen LogP contribution in [-0.4, -0.2) is 16.5 Å². The minimum absolute atomic E-state index is 0.512. The van der Waals surface area contributed by atoms with Crippen molar-refractivity contribution in [2.75, 3.05) is 0 Å². The number of hydrogen-bond acceptors (Lipinski definition) is 6. The van der Waals surface area contributed by atoms with Crippen LogP contribution in [0.25, 0.3) is 0 Å². The average Bonchev–Trinajstić information content (AvgIpc) is 2.90. The third kappa shape index (κ3) is 1.01. The topological polar surface area (TPSA) is 104 Å². The highest BCUT2D eigenvalue weighted by atomic mass is 32.2. The van der Waals surface area contributed by atoms with Crippen LogP contribution in [0.15, 0.2) is 11.5 Å². The zero-order valence-corrected chi connectivity index (χ0v) is 8.73. The van der Waals surface area contributed by atoms with Crippen LogP contribution < -0.4 is 0 Å². The average molecular weight is 228 g/mol. The van der Waals surface area contributed by atoms with Crippen molar-refractivity contribution in [1.29, 1.82) is 21.0 Å². The Labute approximate surface area is 96.1 Å². The molecule has 0 radical (unpaired) electrons. The summed E-state index contributed by atoms with van der Waals surface area (Å²) in [6, 6.07) is 7.09. The van der Waals surface area contributed by atoms with E-state index in [2.05, 4.69) is 0 Å². The molecule has 0 bridgehead atoms. The fourth-order valence-electron chi connectivity index (χ4n) is 1.90. The second-order valence-corrected chi connectivity index (χ2v) is 4.48. The van der Waals surface area contributed by atoms with E-state index in [1.807, 2.05) is 0 Å². The number of hydrogen-bond donors (Lipinski definition) is 0. The molecule has 0 unspecified atom stereocenters. The van der Waals surface area contributed by atoms with Crippen LogP contribution in [0.3, 0.4) is 0 Å². The molecule has 0 aromatic carbocycles. The third-order valence-electron chi connectivity index (χ3n) is 2.69. The SMILES string of the molecule is N#CC1(C#N)OC(C#N)(C#N)[C@H]2SC=C[C@H]21. The van der Waals surface area contributed by atoms with Crippen LogP contribution in [0.2, 0.25) is 0 Å². The standard InChI is InChI=1S/C10H4N4OS/c11-3-9(4-12)7-1-2-16-8(7)10(5-13,6-14)15-9/h1-2,7-8H/t7-,8+/m1/s1. The lowest BCUT2D eigenvalue weighted by molar-refractivity contribution is 0.0155. The van der Waals surface area contributed by atoms with Gasteiger partial charge in [-0.2, -0.15) is 21.0 Å². The van der Waals surface area contributed by atoms with Crippen LogP contribution in [0, 0.1) is 51.2 Å². The number of nitriles is 4. The number of fused-ring (bicyclic) bond motifs is 1. The van der Waals surface area contributed by atoms with Gasteiger partial charge in [-0.05, 0) is 5.41 Å². The van der Waals surface area contributed by atoms with E-state index in [-0.39, 0.29) is 0 Å². The molecule has 0 N–H and O–H groups in total. The predicted octanol–water partition coefficient (Wildman–Crippen LogP) is 0.834. The maximum atomic E-state index is 9.03. The minimum Gasteiger partial charge on any atom is -0.311 e. The molecular formula is C10H4N4OS. The van der Waals surface area contributed by atoms with E-state index in [1.165, 1.54) is 11.8 Å². The van der Waals surface area contributed by atoms with Crippen molar-refractivity contribution in [2.45, 2.75) is 16.5 Å². The van der Waals surface area contributed by atoms with Crippen LogP contribution in [0.5, 0.6) is 0 Å². The molecule has 5 nitrogen and oxygen atoms in total. The number of nitrogens with zero attached hydrogens (tertiary/aromatic N) is 4. The molecule has 0 aliphatic carbocycles. The Bertz CT molecular complexity index is 499. The smallest absolute Gasteiger partial charge is 0.256 e. The zero-order chi connectivity index (χ0) is 11.8. The lowest BCUT2D eigenvalue weighted by Gasteiger charge is -2.17. The van der Waals surface area contributed by atoms with Gasteiger partial charge in [0.2, 0.25) is 0 Å². The Morgan fingerprint density at radius 1 is 1.00 bits per heavy atom. The summed E-state index contributed by atoms with van der Waals surface area (Å²) in [5, 5.41) is 37.3. The van der Waals surface area contributed by atoms with Crippen LogP contribution in [-0.2, 0) is 4.74 Å². The number of thioether (sulfide) groups is 1. The molecule has 0 spiro atoms. The summed E-state index contributed by atoms with van der Waals surface area (Å²) < 4.78 is 5.18. The maximum absolute atomic E-state index is 9.03. The largest absolute Gasteiger partial charge is 0.311 e. The van der Waals surface area contributed by atoms with E-state index >= 15 is 0 Å². The molecule has 1 saturated heterocycles. The van der Waals surface area contributed by atoms with E-state index in [0.717, 1.165) is 0 Å². The zero-order valence-electron chi connectivity index (χ0n) is 7.91. The van der Waals surface area contributed by atoms with Crippen molar-refractivity contribution in [1.82, 2.24) is 0 Å². The number of ether oxygens (including phenoxy) is 1. The van der Waals surface area contributed by atoms with Gasteiger partial charge in [0.15, 0.2) is 0 Å². The van der Waals surface area contributed by atoms with Gasteiger partial charge in [-0.15, -0.1) is 11.8 Å². The van der Waals surface area contributed by atoms with Crippen molar-refractivity contribution in [3.8, 4) is 24.3 Å². The van der Waals surface area contributed by atoms with Gasteiger partial charge < -0.3 is 4.74 Å². The summed E-state index contributed by atoms with van der Waals surface area (Å²) in [7, 11) is 0. The van der Waals surface area contributed by atoms with Gasteiger partial charge in [0.05, 0.1) is 11.2 Å². The van der Waals surface area contributed by atoms with E-state index in [1.54, 1.807) is 35.8 Å². The van der Waals surface area contributed by atoms with Gasteiger partial charge >= 0.3 is 0 Å². The molecule has 0 saturated carbocycles. The molecule has 2 aliphatic rings. The van der Waals surface area contributed by atoms with Crippen molar-refractivity contribution in [2.24, 2.45) is 5.92 Å². The monoisotopic (exact) mass is 228 g/mol. The Hall–Kier alpha value is -1.99. The first-order valence-electron chi connectivity index (χ1n) is 4.35. The Kier molecular flexibility index (Phi) is 2.14. The fraction of sp³-hybridized carbons (Fsp3) is 0.400. The van der Waals surface area contributed by atoms with E-state index in [4.69, 9.17) is 25.8 Å². The maximum Gasteiger partial charge on any atom is 0.256 e. The molecule has 6 heteroatoms. The Balaban J connectivity index is 2.57. The Morgan fingerprint density at radius 2 is 1.56 bits per heavy atom. The van der Waals surface area contributed by atoms with Gasteiger partial charge in [0, 0.05) is 0 Å². The molecule has 2 heterocycles. The van der Waals surface area contributed by atoms with Gasteiger partial charge in [-0.3, -0.25) is 0 Å². The quantitative estimate of drug-likeness (QED) is 0.608. The first-order chi connectivity index (χ1) is 7.68. The predicted molar refractivity (Wildman–Crippen MR) is 53.0 cm³/mol. The fourth-order valence-corrected chi connectivity index (χ4v) is 3.12. The molecule has 0 aromatic rings. The van der Waals surface area contributed by atoms with Crippen molar-refractivity contribution < 1.29 is 4.74 Å². The molecule has 16 heavy (non-hydrogen) atoms. The normalized spacial score (nSPS) is 31.8. The molecule has 1 fully saturated rings. The molecule has 0 aromatic heterocycles. The summed E-state index contributed by atoms with van der Waals surface area (Å²) in [5.74, 6) is -0.535. The first-order valence-corrected chi connectivity index (χ1v) is 5.29.